The Morgan fingerprint density at radius 2 is 2.10 bits per heavy atom. The van der Waals surface area contributed by atoms with Crippen molar-refractivity contribution in [2.45, 2.75) is 44.2 Å². The van der Waals surface area contributed by atoms with E-state index >= 15 is 0 Å². The average Bonchev–Trinajstić information content (AvgIpc) is 2.41. The predicted molar refractivity (Wildman–Crippen MR) is 90.3 cm³/mol. The molecule has 118 valence electrons. The first-order valence-electron chi connectivity index (χ1n) is 7.36. The first-order valence-corrected chi connectivity index (χ1v) is 8.54. The molecule has 1 aromatic carbocycles. The minimum absolute atomic E-state index is 0.00730. The highest BCUT2D eigenvalue weighted by molar-refractivity contribution is 9.10. The maximum Gasteiger partial charge on any atom is 0.137 e. The topological polar surface area (TPSA) is 30.5 Å². The van der Waals surface area contributed by atoms with Gasteiger partial charge < -0.3 is 14.8 Å². The second-order valence-electron chi connectivity index (χ2n) is 5.57. The van der Waals surface area contributed by atoms with Crippen LogP contribution in [-0.2, 0) is 4.74 Å². The minimum Gasteiger partial charge on any atom is -0.495 e. The van der Waals surface area contributed by atoms with Gasteiger partial charge in [0.1, 0.15) is 5.75 Å². The fraction of sp³-hybridized carbons (Fsp3) is 0.625. The van der Waals surface area contributed by atoms with E-state index in [-0.39, 0.29) is 11.6 Å². The van der Waals surface area contributed by atoms with Crippen LogP contribution >= 0.6 is 27.5 Å². The van der Waals surface area contributed by atoms with Gasteiger partial charge in [0.15, 0.2) is 0 Å². The van der Waals surface area contributed by atoms with E-state index in [0.717, 1.165) is 41.6 Å². The van der Waals surface area contributed by atoms with E-state index in [9.17, 15) is 0 Å². The van der Waals surface area contributed by atoms with E-state index in [1.165, 1.54) is 6.42 Å². The highest BCUT2D eigenvalue weighted by Crippen LogP contribution is 2.45. The third-order valence-corrected chi connectivity index (χ3v) is 5.15. The van der Waals surface area contributed by atoms with Crippen molar-refractivity contribution < 1.29 is 9.47 Å². The molecule has 1 aromatic rings. The van der Waals surface area contributed by atoms with Gasteiger partial charge in [-0.1, -0.05) is 18.5 Å². The summed E-state index contributed by atoms with van der Waals surface area (Å²) in [5, 5.41) is 4.26. The van der Waals surface area contributed by atoms with Crippen molar-refractivity contribution in [3.05, 3.63) is 27.2 Å². The van der Waals surface area contributed by atoms with Crippen LogP contribution in [-0.4, -0.2) is 26.4 Å². The average molecular weight is 377 g/mol. The number of benzene rings is 1. The van der Waals surface area contributed by atoms with Crippen LogP contribution in [0.15, 0.2) is 16.6 Å². The van der Waals surface area contributed by atoms with Crippen LogP contribution in [0.2, 0.25) is 5.02 Å². The van der Waals surface area contributed by atoms with Crippen molar-refractivity contribution in [2.24, 2.45) is 0 Å². The van der Waals surface area contributed by atoms with Crippen molar-refractivity contribution in [3.63, 3.8) is 0 Å². The number of rotatable bonds is 7. The van der Waals surface area contributed by atoms with Crippen LogP contribution in [0.3, 0.4) is 0 Å². The standard InChI is InChI=1S/C16H23BrClNO2/c1-4-19-14(10-16(21-3)6-5-7-16)12-8-11(18)9-13(17)15(12)20-2/h8-9,14,19H,4-7,10H2,1-3H3. The molecule has 0 bridgehead atoms. The SMILES string of the molecule is CCNC(CC1(OC)CCC1)c1cc(Cl)cc(Br)c1OC. The predicted octanol–water partition coefficient (Wildman–Crippen LogP) is 4.72. The Bertz CT molecular complexity index is 486. The lowest BCUT2D eigenvalue weighted by Crippen LogP contribution is -2.43. The van der Waals surface area contributed by atoms with Crippen LogP contribution in [0.25, 0.3) is 0 Å². The molecule has 2 rings (SSSR count). The molecule has 0 saturated heterocycles. The monoisotopic (exact) mass is 375 g/mol. The molecule has 5 heteroatoms. The van der Waals surface area contributed by atoms with Gasteiger partial charge in [0.2, 0.25) is 0 Å². The molecule has 21 heavy (non-hydrogen) atoms. The van der Waals surface area contributed by atoms with Crippen molar-refractivity contribution >= 4 is 27.5 Å². The van der Waals surface area contributed by atoms with Crippen LogP contribution in [0, 0.1) is 0 Å². The highest BCUT2D eigenvalue weighted by atomic mass is 79.9. The van der Waals surface area contributed by atoms with Gasteiger partial charge in [0, 0.05) is 23.7 Å². The quantitative estimate of drug-likeness (QED) is 0.747. The number of ether oxygens (including phenoxy) is 2. The van der Waals surface area contributed by atoms with E-state index in [2.05, 4.69) is 28.2 Å². The second kappa shape index (κ2) is 7.32. The molecular weight excluding hydrogens is 354 g/mol. The lowest BCUT2D eigenvalue weighted by molar-refractivity contribution is -0.0838. The zero-order chi connectivity index (χ0) is 15.5. The molecule has 0 aromatic heterocycles. The molecule has 0 spiro atoms. The van der Waals surface area contributed by atoms with Crippen molar-refractivity contribution in [3.8, 4) is 5.75 Å². The van der Waals surface area contributed by atoms with Crippen LogP contribution < -0.4 is 10.1 Å². The summed E-state index contributed by atoms with van der Waals surface area (Å²) >= 11 is 9.77. The summed E-state index contributed by atoms with van der Waals surface area (Å²) in [6, 6.07) is 4.02. The van der Waals surface area contributed by atoms with Gasteiger partial charge in [-0.15, -0.1) is 0 Å². The maximum absolute atomic E-state index is 6.23. The molecule has 1 saturated carbocycles. The van der Waals surface area contributed by atoms with Gasteiger partial charge in [0.05, 0.1) is 17.2 Å². The summed E-state index contributed by atoms with van der Waals surface area (Å²) in [6.45, 7) is 3.00. The smallest absolute Gasteiger partial charge is 0.137 e. The zero-order valence-corrected chi connectivity index (χ0v) is 15.2. The van der Waals surface area contributed by atoms with Crippen molar-refractivity contribution in [2.75, 3.05) is 20.8 Å². The summed E-state index contributed by atoms with van der Waals surface area (Å²) in [7, 11) is 3.50. The highest BCUT2D eigenvalue weighted by Gasteiger charge is 2.39. The Morgan fingerprint density at radius 3 is 2.57 bits per heavy atom. The number of nitrogens with one attached hydrogen (secondary N) is 1. The van der Waals surface area contributed by atoms with Gasteiger partial charge in [0.25, 0.3) is 0 Å². The van der Waals surface area contributed by atoms with Crippen molar-refractivity contribution in [1.29, 1.82) is 0 Å². The molecule has 0 aliphatic heterocycles. The third-order valence-electron chi connectivity index (χ3n) is 4.34. The maximum atomic E-state index is 6.23. The molecule has 0 amide bonds. The number of methoxy groups -OCH3 is 2. The molecule has 1 N–H and O–H groups in total. The molecular formula is C16H23BrClNO2. The zero-order valence-electron chi connectivity index (χ0n) is 12.8. The number of hydrogen-bond acceptors (Lipinski definition) is 3. The summed E-state index contributed by atoms with van der Waals surface area (Å²) < 4.78 is 12.2. The summed E-state index contributed by atoms with van der Waals surface area (Å²) in [5.41, 5.74) is 1.08. The lowest BCUT2D eigenvalue weighted by atomic mass is 9.74. The summed E-state index contributed by atoms with van der Waals surface area (Å²) in [5.74, 6) is 0.843. The number of hydrogen-bond donors (Lipinski definition) is 1. The summed E-state index contributed by atoms with van der Waals surface area (Å²) in [6.07, 6.45) is 4.41. The Labute approximate surface area is 140 Å². The molecule has 1 fully saturated rings. The largest absolute Gasteiger partial charge is 0.495 e. The molecule has 1 atom stereocenters. The molecule has 0 heterocycles. The normalized spacial score (nSPS) is 18.1. The van der Waals surface area contributed by atoms with E-state index in [1.54, 1.807) is 7.11 Å². The van der Waals surface area contributed by atoms with E-state index < -0.39 is 0 Å². The molecule has 1 aliphatic rings. The third kappa shape index (κ3) is 3.73. The molecule has 1 aliphatic carbocycles. The Morgan fingerprint density at radius 1 is 1.38 bits per heavy atom. The molecule has 1 unspecified atom stereocenters. The fourth-order valence-electron chi connectivity index (χ4n) is 3.03. The van der Waals surface area contributed by atoms with Gasteiger partial charge in [-0.25, -0.2) is 0 Å². The Hall–Kier alpha value is -0.290. The van der Waals surface area contributed by atoms with Crippen LogP contribution in [0.1, 0.15) is 44.2 Å². The lowest BCUT2D eigenvalue weighted by Gasteiger charge is -2.43. The minimum atomic E-state index is -0.00730. The Kier molecular flexibility index (Phi) is 5.95. The second-order valence-corrected chi connectivity index (χ2v) is 6.86. The fourth-order valence-corrected chi connectivity index (χ4v) is 4.02. The van der Waals surface area contributed by atoms with Gasteiger partial charge in [-0.2, -0.15) is 0 Å². The van der Waals surface area contributed by atoms with Gasteiger partial charge >= 0.3 is 0 Å². The molecule has 0 radical (unpaired) electrons. The number of halogens is 2. The van der Waals surface area contributed by atoms with Gasteiger partial charge in [-0.3, -0.25) is 0 Å². The van der Waals surface area contributed by atoms with Crippen LogP contribution in [0.5, 0.6) is 5.75 Å². The Balaban J connectivity index is 2.33. The van der Waals surface area contributed by atoms with Crippen molar-refractivity contribution in [1.82, 2.24) is 5.32 Å². The first-order chi connectivity index (χ1) is 10.0. The summed E-state index contributed by atoms with van der Waals surface area (Å²) in [4.78, 5) is 0. The first kappa shape index (κ1) is 17.1. The molecule has 3 nitrogen and oxygen atoms in total. The van der Waals surface area contributed by atoms with Crippen LogP contribution in [0.4, 0.5) is 0 Å². The van der Waals surface area contributed by atoms with Gasteiger partial charge in [-0.05, 0) is 60.3 Å². The van der Waals surface area contributed by atoms with E-state index in [0.29, 0.717) is 5.02 Å². The van der Waals surface area contributed by atoms with E-state index in [4.69, 9.17) is 21.1 Å². The van der Waals surface area contributed by atoms with E-state index in [1.807, 2.05) is 19.2 Å².